The van der Waals surface area contributed by atoms with Crippen molar-refractivity contribution in [3.8, 4) is 0 Å². The lowest BCUT2D eigenvalue weighted by Crippen LogP contribution is -2.26. The van der Waals surface area contributed by atoms with Crippen LogP contribution in [0.4, 0.5) is 8.78 Å². The minimum absolute atomic E-state index is 0.125. The van der Waals surface area contributed by atoms with Crippen LogP contribution in [0.15, 0.2) is 36.7 Å². The number of hydrogen-bond acceptors (Lipinski definition) is 2. The molecule has 1 unspecified atom stereocenters. The summed E-state index contributed by atoms with van der Waals surface area (Å²) in [5, 5.41) is 3.24. The van der Waals surface area contributed by atoms with Crippen molar-refractivity contribution in [2.75, 3.05) is 6.54 Å². The first-order valence-electron chi connectivity index (χ1n) is 7.20. The van der Waals surface area contributed by atoms with Gasteiger partial charge >= 0.3 is 0 Å². The molecular formula is C17H20F2N2. The third-order valence-corrected chi connectivity index (χ3v) is 3.50. The summed E-state index contributed by atoms with van der Waals surface area (Å²) in [5.74, 6) is -0.960. The van der Waals surface area contributed by atoms with Crippen LogP contribution in [0.25, 0.3) is 0 Å². The largest absolute Gasteiger partial charge is 0.309 e. The van der Waals surface area contributed by atoms with Gasteiger partial charge in [0.15, 0.2) is 0 Å². The maximum atomic E-state index is 14.4. The Morgan fingerprint density at radius 1 is 1.14 bits per heavy atom. The smallest absolute Gasteiger partial charge is 0.133 e. The molecular weight excluding hydrogens is 270 g/mol. The van der Waals surface area contributed by atoms with Gasteiger partial charge in [-0.05, 0) is 55.6 Å². The van der Waals surface area contributed by atoms with E-state index in [0.717, 1.165) is 12.0 Å². The van der Waals surface area contributed by atoms with Crippen LogP contribution in [0.2, 0.25) is 0 Å². The van der Waals surface area contributed by atoms with E-state index in [9.17, 15) is 8.78 Å². The SMILES string of the molecule is CCCNC(Cc1ccncc1)c1c(F)ccc(C)c1F. The minimum Gasteiger partial charge on any atom is -0.309 e. The Balaban J connectivity index is 2.34. The van der Waals surface area contributed by atoms with Gasteiger partial charge in [0, 0.05) is 24.0 Å². The molecule has 4 heteroatoms. The molecule has 0 saturated heterocycles. The molecule has 0 aliphatic heterocycles. The highest BCUT2D eigenvalue weighted by atomic mass is 19.1. The molecule has 0 bridgehead atoms. The molecule has 0 aliphatic rings. The first-order chi connectivity index (χ1) is 10.1. The number of halogens is 2. The average molecular weight is 290 g/mol. The Hall–Kier alpha value is -1.81. The van der Waals surface area contributed by atoms with E-state index >= 15 is 0 Å². The quantitative estimate of drug-likeness (QED) is 0.871. The molecule has 0 fully saturated rings. The van der Waals surface area contributed by atoms with Gasteiger partial charge < -0.3 is 5.32 Å². The normalized spacial score (nSPS) is 12.4. The number of nitrogens with one attached hydrogen (secondary N) is 1. The van der Waals surface area contributed by atoms with Crippen molar-refractivity contribution in [3.05, 3.63) is 65.0 Å². The summed E-state index contributed by atoms with van der Waals surface area (Å²) in [6.45, 7) is 4.39. The van der Waals surface area contributed by atoms with Gasteiger partial charge in [0.05, 0.1) is 0 Å². The van der Waals surface area contributed by atoms with Crippen LogP contribution in [-0.2, 0) is 6.42 Å². The highest BCUT2D eigenvalue weighted by Gasteiger charge is 2.21. The number of hydrogen-bond donors (Lipinski definition) is 1. The summed E-state index contributed by atoms with van der Waals surface area (Å²) >= 11 is 0. The van der Waals surface area contributed by atoms with Crippen LogP contribution in [0.3, 0.4) is 0 Å². The standard InChI is InChI=1S/C17H20F2N2/c1-3-8-21-15(11-13-6-9-20-10-7-13)16-14(18)5-4-12(2)17(16)19/h4-7,9-10,15,21H,3,8,11H2,1-2H3. The maximum Gasteiger partial charge on any atom is 0.133 e. The van der Waals surface area contributed by atoms with E-state index in [1.165, 1.54) is 12.1 Å². The molecule has 1 atom stereocenters. The second-order valence-corrected chi connectivity index (χ2v) is 5.16. The zero-order chi connectivity index (χ0) is 15.2. The maximum absolute atomic E-state index is 14.4. The summed E-state index contributed by atoms with van der Waals surface area (Å²) in [6, 6.07) is 6.16. The van der Waals surface area contributed by atoms with E-state index in [1.54, 1.807) is 19.3 Å². The summed E-state index contributed by atoms with van der Waals surface area (Å²) < 4.78 is 28.5. The molecule has 0 saturated carbocycles. The first-order valence-corrected chi connectivity index (χ1v) is 7.20. The zero-order valence-electron chi connectivity index (χ0n) is 12.4. The Morgan fingerprint density at radius 2 is 1.86 bits per heavy atom. The number of aromatic nitrogens is 1. The van der Waals surface area contributed by atoms with Crippen LogP contribution in [0, 0.1) is 18.6 Å². The van der Waals surface area contributed by atoms with E-state index in [0.29, 0.717) is 18.5 Å². The number of aryl methyl sites for hydroxylation is 1. The highest BCUT2D eigenvalue weighted by Crippen LogP contribution is 2.26. The molecule has 1 aromatic carbocycles. The summed E-state index contributed by atoms with van der Waals surface area (Å²) in [7, 11) is 0. The molecule has 2 nitrogen and oxygen atoms in total. The molecule has 0 amide bonds. The fourth-order valence-electron chi connectivity index (χ4n) is 2.35. The Morgan fingerprint density at radius 3 is 2.52 bits per heavy atom. The van der Waals surface area contributed by atoms with Gasteiger partial charge in [-0.3, -0.25) is 4.98 Å². The van der Waals surface area contributed by atoms with Crippen LogP contribution < -0.4 is 5.32 Å². The molecule has 1 N–H and O–H groups in total. The average Bonchev–Trinajstić information content (AvgIpc) is 2.50. The van der Waals surface area contributed by atoms with Gasteiger partial charge in [0.25, 0.3) is 0 Å². The first kappa shape index (κ1) is 15.6. The Kier molecular flexibility index (Phi) is 5.39. The molecule has 0 spiro atoms. The Labute approximate surface area is 124 Å². The van der Waals surface area contributed by atoms with Crippen molar-refractivity contribution in [1.29, 1.82) is 0 Å². The van der Waals surface area contributed by atoms with Crippen LogP contribution in [0.5, 0.6) is 0 Å². The molecule has 112 valence electrons. The second kappa shape index (κ2) is 7.27. The fourth-order valence-corrected chi connectivity index (χ4v) is 2.35. The summed E-state index contributed by atoms with van der Waals surface area (Å²) in [6.07, 6.45) is 4.81. The summed E-state index contributed by atoms with van der Waals surface area (Å²) in [4.78, 5) is 3.97. The lowest BCUT2D eigenvalue weighted by Gasteiger charge is -2.21. The van der Waals surface area contributed by atoms with E-state index in [1.807, 2.05) is 19.1 Å². The van der Waals surface area contributed by atoms with Gasteiger partial charge in [-0.25, -0.2) is 8.78 Å². The molecule has 1 aromatic heterocycles. The number of benzene rings is 1. The molecule has 2 aromatic rings. The molecule has 21 heavy (non-hydrogen) atoms. The van der Waals surface area contributed by atoms with E-state index < -0.39 is 11.6 Å². The monoisotopic (exact) mass is 290 g/mol. The van der Waals surface area contributed by atoms with Crippen molar-refractivity contribution in [2.24, 2.45) is 0 Å². The van der Waals surface area contributed by atoms with E-state index in [-0.39, 0.29) is 11.6 Å². The lowest BCUT2D eigenvalue weighted by molar-refractivity contribution is 0.462. The minimum atomic E-state index is -0.499. The topological polar surface area (TPSA) is 24.9 Å². The van der Waals surface area contributed by atoms with Crippen molar-refractivity contribution in [3.63, 3.8) is 0 Å². The van der Waals surface area contributed by atoms with Gasteiger partial charge in [-0.2, -0.15) is 0 Å². The predicted molar refractivity (Wildman–Crippen MR) is 80.1 cm³/mol. The van der Waals surface area contributed by atoms with E-state index in [4.69, 9.17) is 0 Å². The van der Waals surface area contributed by atoms with Crippen LogP contribution in [0.1, 0.15) is 36.1 Å². The number of nitrogens with zero attached hydrogens (tertiary/aromatic N) is 1. The fraction of sp³-hybridized carbons (Fsp3) is 0.353. The van der Waals surface area contributed by atoms with Gasteiger partial charge in [0.2, 0.25) is 0 Å². The van der Waals surface area contributed by atoms with Crippen LogP contribution >= 0.6 is 0 Å². The summed E-state index contributed by atoms with van der Waals surface area (Å²) in [5.41, 5.74) is 1.59. The number of rotatable bonds is 6. The van der Waals surface area contributed by atoms with Gasteiger partial charge in [-0.15, -0.1) is 0 Å². The van der Waals surface area contributed by atoms with Crippen molar-refractivity contribution < 1.29 is 8.78 Å². The molecule has 0 radical (unpaired) electrons. The van der Waals surface area contributed by atoms with Crippen molar-refractivity contribution in [2.45, 2.75) is 32.7 Å². The van der Waals surface area contributed by atoms with Gasteiger partial charge in [-0.1, -0.05) is 13.0 Å². The third-order valence-electron chi connectivity index (χ3n) is 3.50. The number of pyridine rings is 1. The Bertz CT molecular complexity index is 585. The zero-order valence-corrected chi connectivity index (χ0v) is 12.4. The predicted octanol–water partition coefficient (Wildman–Crippen LogP) is 3.95. The lowest BCUT2D eigenvalue weighted by atomic mass is 9.96. The highest BCUT2D eigenvalue weighted by molar-refractivity contribution is 5.30. The second-order valence-electron chi connectivity index (χ2n) is 5.16. The third kappa shape index (κ3) is 3.85. The molecule has 1 heterocycles. The van der Waals surface area contributed by atoms with Crippen molar-refractivity contribution >= 4 is 0 Å². The van der Waals surface area contributed by atoms with Gasteiger partial charge in [0.1, 0.15) is 11.6 Å². The van der Waals surface area contributed by atoms with Crippen LogP contribution in [-0.4, -0.2) is 11.5 Å². The molecule has 0 aliphatic carbocycles. The van der Waals surface area contributed by atoms with E-state index in [2.05, 4.69) is 10.3 Å². The van der Waals surface area contributed by atoms with Crippen molar-refractivity contribution in [1.82, 2.24) is 10.3 Å². The molecule has 2 rings (SSSR count).